The van der Waals surface area contributed by atoms with Crippen LogP contribution in [0, 0.1) is 0 Å². The minimum Gasteiger partial charge on any atom is -0.506 e. The zero-order valence-corrected chi connectivity index (χ0v) is 12.1. The first-order chi connectivity index (χ1) is 9.69. The minimum absolute atomic E-state index is 0.0359. The van der Waals surface area contributed by atoms with Crippen LogP contribution in [0.2, 0.25) is 0 Å². The number of amides is 2. The molecule has 0 fully saturated rings. The number of nitrogens with one attached hydrogen (secondary N) is 2. The lowest BCUT2D eigenvalue weighted by Gasteiger charge is -2.09. The molecule has 0 aliphatic heterocycles. The van der Waals surface area contributed by atoms with E-state index in [1.54, 1.807) is 0 Å². The number of phenols is 1. The van der Waals surface area contributed by atoms with Gasteiger partial charge in [-0.3, -0.25) is 0 Å². The van der Waals surface area contributed by atoms with Crippen LogP contribution < -0.4 is 10.6 Å². The first kappa shape index (κ1) is 16.8. The second kappa shape index (κ2) is 6.93. The summed E-state index contributed by atoms with van der Waals surface area (Å²) in [5.41, 5.74) is -0.0489. The van der Waals surface area contributed by atoms with Crippen molar-refractivity contribution in [2.24, 2.45) is 0 Å². The van der Waals surface area contributed by atoms with Gasteiger partial charge < -0.3 is 20.8 Å². The highest BCUT2D eigenvalue weighted by Crippen LogP contribution is 2.24. The number of carboxylic acid groups (broad SMARTS) is 1. The molecule has 0 bridgehead atoms. The maximum absolute atomic E-state index is 11.5. The first-order valence-corrected chi connectivity index (χ1v) is 8.04. The second-order valence-corrected chi connectivity index (χ2v) is 6.66. The predicted octanol–water partition coefficient (Wildman–Crippen LogP) is 0.647. The van der Waals surface area contributed by atoms with Crippen LogP contribution in [0.1, 0.15) is 16.8 Å². The van der Waals surface area contributed by atoms with Gasteiger partial charge >= 0.3 is 12.0 Å². The highest BCUT2D eigenvalue weighted by atomic mass is 32.2. The Labute approximate surface area is 121 Å². The van der Waals surface area contributed by atoms with Gasteiger partial charge in [-0.15, -0.1) is 0 Å². The van der Waals surface area contributed by atoms with Crippen LogP contribution in [-0.4, -0.2) is 49.2 Å². The number of benzene rings is 1. The number of hydrogen-bond donors (Lipinski definition) is 4. The molecule has 0 aliphatic carbocycles. The Hall–Kier alpha value is -2.29. The summed E-state index contributed by atoms with van der Waals surface area (Å²) in [5.74, 6) is -1.60. The average Bonchev–Trinajstić information content (AvgIpc) is 2.36. The van der Waals surface area contributed by atoms with Crippen molar-refractivity contribution in [2.75, 3.05) is 23.9 Å². The summed E-state index contributed by atoms with van der Waals surface area (Å²) in [7, 11) is -3.07. The monoisotopic (exact) mass is 316 g/mol. The number of urea groups is 1. The fraction of sp³-hybridized carbons (Fsp3) is 0.333. The number of hydrogen-bond acceptors (Lipinski definition) is 5. The Morgan fingerprint density at radius 2 is 1.95 bits per heavy atom. The Bertz CT molecular complexity index is 641. The molecule has 0 aromatic heterocycles. The number of carboxylic acids is 1. The van der Waals surface area contributed by atoms with E-state index in [2.05, 4.69) is 10.6 Å². The quantitative estimate of drug-likeness (QED) is 0.450. The van der Waals surface area contributed by atoms with Crippen molar-refractivity contribution in [2.45, 2.75) is 6.42 Å². The summed E-state index contributed by atoms with van der Waals surface area (Å²) in [6, 6.07) is 2.89. The van der Waals surface area contributed by atoms with Gasteiger partial charge in [-0.05, 0) is 24.6 Å². The summed E-state index contributed by atoms with van der Waals surface area (Å²) >= 11 is 0. The molecule has 0 radical (unpaired) electrons. The van der Waals surface area contributed by atoms with Crippen molar-refractivity contribution in [1.29, 1.82) is 0 Å². The van der Waals surface area contributed by atoms with Crippen molar-refractivity contribution >= 4 is 27.5 Å². The van der Waals surface area contributed by atoms with Gasteiger partial charge in [-0.2, -0.15) is 0 Å². The van der Waals surface area contributed by atoms with Crippen LogP contribution in [0.25, 0.3) is 0 Å². The van der Waals surface area contributed by atoms with E-state index >= 15 is 0 Å². The van der Waals surface area contributed by atoms with Gasteiger partial charge in [0.1, 0.15) is 15.6 Å². The minimum atomic E-state index is -3.07. The molecule has 0 heterocycles. The fourth-order valence-corrected chi connectivity index (χ4v) is 2.14. The number of phenolic OH excluding ortho intramolecular Hbond substituents is 1. The molecular formula is C12H16N2O6S. The van der Waals surface area contributed by atoms with Crippen molar-refractivity contribution < 1.29 is 28.2 Å². The molecule has 1 aromatic carbocycles. The van der Waals surface area contributed by atoms with Crippen LogP contribution in [0.15, 0.2) is 18.2 Å². The molecule has 8 nitrogen and oxygen atoms in total. The van der Waals surface area contributed by atoms with E-state index in [9.17, 15) is 23.1 Å². The topological polar surface area (TPSA) is 133 Å². The van der Waals surface area contributed by atoms with E-state index in [-0.39, 0.29) is 35.7 Å². The van der Waals surface area contributed by atoms with Gasteiger partial charge in [0.25, 0.3) is 0 Å². The standard InChI is InChI=1S/C12H16N2O6S/c1-21(19,20)6-2-5-13-12(18)14-9-4-3-8(11(16)17)7-10(9)15/h3-4,7,15H,2,5-6H2,1H3,(H,16,17)(H2,13,14,18). The molecular weight excluding hydrogens is 300 g/mol. The Morgan fingerprint density at radius 1 is 1.29 bits per heavy atom. The third-order valence-corrected chi connectivity index (χ3v) is 3.50. The van der Waals surface area contributed by atoms with Gasteiger partial charge in [0.15, 0.2) is 0 Å². The number of anilines is 1. The molecule has 4 N–H and O–H groups in total. The third-order valence-electron chi connectivity index (χ3n) is 2.47. The van der Waals surface area contributed by atoms with E-state index in [0.29, 0.717) is 0 Å². The highest BCUT2D eigenvalue weighted by molar-refractivity contribution is 7.90. The maximum atomic E-state index is 11.5. The van der Waals surface area contributed by atoms with Gasteiger partial charge in [-0.25, -0.2) is 18.0 Å². The molecule has 0 atom stereocenters. The Morgan fingerprint density at radius 3 is 2.48 bits per heavy atom. The molecule has 1 rings (SSSR count). The molecule has 0 spiro atoms. The van der Waals surface area contributed by atoms with E-state index in [1.807, 2.05) is 0 Å². The normalized spacial score (nSPS) is 10.9. The molecule has 2 amide bonds. The number of carbonyl (C=O) groups excluding carboxylic acids is 1. The molecule has 1 aromatic rings. The van der Waals surface area contributed by atoms with Crippen LogP contribution in [0.3, 0.4) is 0 Å². The zero-order valence-electron chi connectivity index (χ0n) is 11.3. The van der Waals surface area contributed by atoms with Gasteiger partial charge in [-0.1, -0.05) is 0 Å². The van der Waals surface area contributed by atoms with E-state index in [0.717, 1.165) is 12.3 Å². The number of aromatic hydroxyl groups is 1. The lowest BCUT2D eigenvalue weighted by molar-refractivity contribution is 0.0696. The number of sulfone groups is 1. The summed E-state index contributed by atoms with van der Waals surface area (Å²) in [6.07, 6.45) is 1.38. The molecule has 116 valence electrons. The molecule has 0 aliphatic rings. The zero-order chi connectivity index (χ0) is 16.0. The number of aromatic carboxylic acids is 1. The first-order valence-electron chi connectivity index (χ1n) is 5.98. The largest absolute Gasteiger partial charge is 0.506 e. The summed E-state index contributed by atoms with van der Waals surface area (Å²) in [4.78, 5) is 22.2. The molecule has 0 unspecified atom stereocenters. The number of rotatable bonds is 6. The third kappa shape index (κ3) is 6.13. The molecule has 0 saturated heterocycles. The average molecular weight is 316 g/mol. The van der Waals surface area contributed by atoms with Crippen molar-refractivity contribution in [3.05, 3.63) is 23.8 Å². The predicted molar refractivity (Wildman–Crippen MR) is 76.4 cm³/mol. The molecule has 21 heavy (non-hydrogen) atoms. The lowest BCUT2D eigenvalue weighted by atomic mass is 10.2. The summed E-state index contributed by atoms with van der Waals surface area (Å²) < 4.78 is 21.8. The lowest BCUT2D eigenvalue weighted by Crippen LogP contribution is -2.30. The highest BCUT2D eigenvalue weighted by Gasteiger charge is 2.10. The van der Waals surface area contributed by atoms with Gasteiger partial charge in [0, 0.05) is 12.8 Å². The number of carbonyl (C=O) groups is 2. The van der Waals surface area contributed by atoms with Crippen molar-refractivity contribution in [3.8, 4) is 5.75 Å². The molecule has 9 heteroatoms. The van der Waals surface area contributed by atoms with E-state index in [4.69, 9.17) is 5.11 Å². The van der Waals surface area contributed by atoms with Crippen LogP contribution in [-0.2, 0) is 9.84 Å². The van der Waals surface area contributed by atoms with E-state index in [1.165, 1.54) is 12.1 Å². The van der Waals surface area contributed by atoms with Crippen molar-refractivity contribution in [3.63, 3.8) is 0 Å². The van der Waals surface area contributed by atoms with Crippen LogP contribution >= 0.6 is 0 Å². The smallest absolute Gasteiger partial charge is 0.335 e. The fourth-order valence-electron chi connectivity index (χ4n) is 1.47. The maximum Gasteiger partial charge on any atom is 0.335 e. The Kier molecular flexibility index (Phi) is 5.53. The summed E-state index contributed by atoms with van der Waals surface area (Å²) in [5, 5.41) is 23.1. The summed E-state index contributed by atoms with van der Waals surface area (Å²) in [6.45, 7) is 0.160. The SMILES string of the molecule is CS(=O)(=O)CCCNC(=O)Nc1ccc(C(=O)O)cc1O. The van der Waals surface area contributed by atoms with Gasteiger partial charge in [0.05, 0.1) is 17.0 Å². The van der Waals surface area contributed by atoms with E-state index < -0.39 is 21.8 Å². The van der Waals surface area contributed by atoms with Crippen LogP contribution in [0.5, 0.6) is 5.75 Å². The van der Waals surface area contributed by atoms with Crippen LogP contribution in [0.4, 0.5) is 10.5 Å². The van der Waals surface area contributed by atoms with Crippen molar-refractivity contribution in [1.82, 2.24) is 5.32 Å². The second-order valence-electron chi connectivity index (χ2n) is 4.40. The van der Waals surface area contributed by atoms with Gasteiger partial charge in [0.2, 0.25) is 0 Å². The molecule has 0 saturated carbocycles. The Balaban J connectivity index is 2.50.